The summed E-state index contributed by atoms with van der Waals surface area (Å²) in [5, 5.41) is 8.05. The van der Waals surface area contributed by atoms with Crippen molar-refractivity contribution in [3.8, 4) is 0 Å². The van der Waals surface area contributed by atoms with Crippen LogP contribution in [0.5, 0.6) is 0 Å². The average Bonchev–Trinajstić information content (AvgIpc) is 2.85. The number of hydrogen-bond donors (Lipinski definition) is 1. The molecular weight excluding hydrogens is 343 g/mol. The van der Waals surface area contributed by atoms with Gasteiger partial charge in [0, 0.05) is 37.2 Å². The van der Waals surface area contributed by atoms with Crippen LogP contribution in [-0.4, -0.2) is 34.1 Å². The molecule has 23 heavy (non-hydrogen) atoms. The van der Waals surface area contributed by atoms with Gasteiger partial charge in [0.1, 0.15) is 0 Å². The Morgan fingerprint density at radius 3 is 2.57 bits per heavy atom. The zero-order valence-electron chi connectivity index (χ0n) is 12.3. The second-order valence-electron chi connectivity index (χ2n) is 5.92. The molecule has 3 heterocycles. The minimum atomic E-state index is -4.35. The Morgan fingerprint density at radius 1 is 1.13 bits per heavy atom. The number of thioether (sulfide) groups is 1. The quantitative estimate of drug-likeness (QED) is 0.842. The topological polar surface area (TPSA) is 32.0 Å². The Kier molecular flexibility index (Phi) is 3.73. The second-order valence-corrected chi connectivity index (χ2v) is 8.18. The van der Waals surface area contributed by atoms with E-state index in [1.807, 2.05) is 16.3 Å². The Hall–Kier alpha value is -0.990. The molecular formula is C15H16F3N3S2. The third kappa shape index (κ3) is 2.60. The number of aryl methyl sites for hydroxylation is 1. The summed E-state index contributed by atoms with van der Waals surface area (Å²) in [6.45, 7) is 2.56. The molecule has 1 atom stereocenters. The molecule has 8 heteroatoms. The summed E-state index contributed by atoms with van der Waals surface area (Å²) in [5.41, 5.74) is 0.997. The fraction of sp³-hybridized carbons (Fsp3) is 0.533. The van der Waals surface area contributed by atoms with Crippen molar-refractivity contribution in [3.63, 3.8) is 0 Å². The smallest absolute Gasteiger partial charge is 0.317 e. The van der Waals surface area contributed by atoms with E-state index >= 15 is 0 Å². The number of hydrogen-bond acceptors (Lipinski definition) is 4. The fourth-order valence-corrected chi connectivity index (χ4v) is 5.51. The first kappa shape index (κ1) is 15.5. The number of nitrogens with one attached hydrogen (secondary N) is 1. The SMILES string of the molecule is N=c1sc2cc(C(F)(F)F)cc3c2n1CC[C@H]3N1CCSCC1. The van der Waals surface area contributed by atoms with E-state index in [-0.39, 0.29) is 6.04 Å². The minimum absolute atomic E-state index is 0.0368. The molecule has 2 aliphatic heterocycles. The minimum Gasteiger partial charge on any atom is -0.317 e. The maximum atomic E-state index is 13.3. The number of thiazole rings is 1. The molecule has 2 aliphatic rings. The highest BCUT2D eigenvalue weighted by Crippen LogP contribution is 2.41. The van der Waals surface area contributed by atoms with Crippen LogP contribution < -0.4 is 4.80 Å². The van der Waals surface area contributed by atoms with Gasteiger partial charge in [-0.25, -0.2) is 0 Å². The lowest BCUT2D eigenvalue weighted by Gasteiger charge is -2.37. The Labute approximate surface area is 139 Å². The van der Waals surface area contributed by atoms with Crippen molar-refractivity contribution in [2.75, 3.05) is 24.6 Å². The third-order valence-electron chi connectivity index (χ3n) is 4.63. The largest absolute Gasteiger partial charge is 0.416 e. The molecule has 1 N–H and O–H groups in total. The van der Waals surface area contributed by atoms with Crippen LogP contribution in [0.3, 0.4) is 0 Å². The zero-order valence-corrected chi connectivity index (χ0v) is 14.0. The van der Waals surface area contributed by atoms with Gasteiger partial charge in [0.05, 0.1) is 15.8 Å². The lowest BCUT2D eigenvalue weighted by molar-refractivity contribution is -0.137. The molecule has 0 spiro atoms. The van der Waals surface area contributed by atoms with Gasteiger partial charge in [-0.3, -0.25) is 10.3 Å². The molecule has 1 aromatic carbocycles. The van der Waals surface area contributed by atoms with Gasteiger partial charge in [0.25, 0.3) is 0 Å². The summed E-state index contributed by atoms with van der Waals surface area (Å²) in [6.07, 6.45) is -3.57. The van der Waals surface area contributed by atoms with Gasteiger partial charge < -0.3 is 4.57 Å². The predicted molar refractivity (Wildman–Crippen MR) is 86.9 cm³/mol. The summed E-state index contributed by atoms with van der Waals surface area (Å²) in [5.74, 6) is 2.07. The first-order valence-corrected chi connectivity index (χ1v) is 9.53. The maximum Gasteiger partial charge on any atom is 0.416 e. The molecule has 124 valence electrons. The van der Waals surface area contributed by atoms with E-state index in [1.165, 1.54) is 12.1 Å². The molecule has 0 unspecified atom stereocenters. The average molecular weight is 359 g/mol. The normalized spacial score (nSPS) is 22.7. The highest BCUT2D eigenvalue weighted by atomic mass is 32.2. The number of benzene rings is 1. The van der Waals surface area contributed by atoms with Gasteiger partial charge in [-0.05, 0) is 24.1 Å². The van der Waals surface area contributed by atoms with Crippen molar-refractivity contribution in [1.29, 1.82) is 5.41 Å². The van der Waals surface area contributed by atoms with E-state index in [4.69, 9.17) is 5.41 Å². The molecule has 0 saturated carbocycles. The highest BCUT2D eigenvalue weighted by Gasteiger charge is 2.35. The monoisotopic (exact) mass is 359 g/mol. The van der Waals surface area contributed by atoms with Crippen LogP contribution in [0, 0.1) is 5.41 Å². The maximum absolute atomic E-state index is 13.3. The first-order valence-electron chi connectivity index (χ1n) is 7.56. The van der Waals surface area contributed by atoms with Crippen molar-refractivity contribution in [2.24, 2.45) is 0 Å². The highest BCUT2D eigenvalue weighted by molar-refractivity contribution is 7.99. The van der Waals surface area contributed by atoms with E-state index < -0.39 is 11.7 Å². The molecule has 1 saturated heterocycles. The van der Waals surface area contributed by atoms with Gasteiger partial charge in [0.15, 0.2) is 4.80 Å². The van der Waals surface area contributed by atoms with Gasteiger partial charge >= 0.3 is 6.18 Å². The number of rotatable bonds is 1. The van der Waals surface area contributed by atoms with Crippen LogP contribution >= 0.6 is 23.1 Å². The summed E-state index contributed by atoms with van der Waals surface area (Å²) in [7, 11) is 0. The molecule has 0 radical (unpaired) electrons. The molecule has 0 aliphatic carbocycles. The number of nitrogens with zero attached hydrogens (tertiary/aromatic N) is 2. The van der Waals surface area contributed by atoms with Crippen LogP contribution in [0.4, 0.5) is 13.2 Å². The molecule has 1 aromatic heterocycles. The first-order chi connectivity index (χ1) is 10.9. The van der Waals surface area contributed by atoms with Crippen LogP contribution in [0.25, 0.3) is 10.2 Å². The van der Waals surface area contributed by atoms with Gasteiger partial charge in [-0.1, -0.05) is 11.3 Å². The zero-order chi connectivity index (χ0) is 16.2. The van der Waals surface area contributed by atoms with Crippen LogP contribution in [-0.2, 0) is 12.7 Å². The number of halogens is 3. The van der Waals surface area contributed by atoms with E-state index in [9.17, 15) is 13.2 Å². The summed E-state index contributed by atoms with van der Waals surface area (Å²) in [4.78, 5) is 2.66. The Bertz CT molecular complexity index is 803. The second kappa shape index (κ2) is 5.53. The van der Waals surface area contributed by atoms with E-state index in [2.05, 4.69) is 4.90 Å². The van der Waals surface area contributed by atoms with Crippen molar-refractivity contribution in [2.45, 2.75) is 25.2 Å². The Morgan fingerprint density at radius 2 is 1.87 bits per heavy atom. The van der Waals surface area contributed by atoms with Crippen molar-refractivity contribution in [1.82, 2.24) is 9.47 Å². The van der Waals surface area contributed by atoms with E-state index in [0.29, 0.717) is 16.0 Å². The van der Waals surface area contributed by atoms with Crippen LogP contribution in [0.2, 0.25) is 0 Å². The van der Waals surface area contributed by atoms with Crippen molar-refractivity contribution in [3.05, 3.63) is 28.1 Å². The molecule has 0 bridgehead atoms. The molecule has 4 rings (SSSR count). The number of alkyl halides is 3. The summed E-state index contributed by atoms with van der Waals surface area (Å²) >= 11 is 3.04. The lowest BCUT2D eigenvalue weighted by Crippen LogP contribution is -2.38. The van der Waals surface area contributed by atoms with Crippen LogP contribution in [0.1, 0.15) is 23.6 Å². The molecule has 1 fully saturated rings. The third-order valence-corrected chi connectivity index (χ3v) is 6.51. The van der Waals surface area contributed by atoms with Gasteiger partial charge in [-0.15, -0.1) is 0 Å². The molecule has 3 nitrogen and oxygen atoms in total. The molecule has 2 aromatic rings. The summed E-state index contributed by atoms with van der Waals surface area (Å²) in [6, 6.07) is 2.55. The Balaban J connectivity index is 1.90. The van der Waals surface area contributed by atoms with Gasteiger partial charge in [-0.2, -0.15) is 24.9 Å². The van der Waals surface area contributed by atoms with E-state index in [0.717, 1.165) is 53.4 Å². The number of aromatic nitrogens is 1. The van der Waals surface area contributed by atoms with Crippen LogP contribution in [0.15, 0.2) is 12.1 Å². The summed E-state index contributed by atoms with van der Waals surface area (Å²) < 4.78 is 42.2. The van der Waals surface area contributed by atoms with Gasteiger partial charge in [0.2, 0.25) is 0 Å². The molecule has 0 amide bonds. The lowest BCUT2D eigenvalue weighted by atomic mass is 9.95. The fourth-order valence-electron chi connectivity index (χ4n) is 3.56. The standard InChI is InChI=1S/C15H16F3N3S2/c16-15(17,18)9-7-10-11(20-3-5-22-6-4-20)1-2-21-13(10)12(8-9)23-14(21)19/h7-8,11,19H,1-6H2/t11-/m1/s1. The predicted octanol–water partition coefficient (Wildman–Crippen LogP) is 3.69. The van der Waals surface area contributed by atoms with Crippen molar-refractivity contribution >= 4 is 33.3 Å². The van der Waals surface area contributed by atoms with E-state index in [1.54, 1.807) is 0 Å². The van der Waals surface area contributed by atoms with Crippen molar-refractivity contribution < 1.29 is 13.2 Å².